The third-order valence-corrected chi connectivity index (χ3v) is 2.08. The summed E-state index contributed by atoms with van der Waals surface area (Å²) >= 11 is 0. The minimum Gasteiger partial charge on any atom is -0.465 e. The van der Waals surface area contributed by atoms with Crippen LogP contribution in [-0.4, -0.2) is 6.72 Å². The molecular formula is C12H17NO. The Labute approximate surface area is 84.7 Å². The molecule has 0 saturated heterocycles. The quantitative estimate of drug-likeness (QED) is 0.623. The van der Waals surface area contributed by atoms with E-state index in [9.17, 15) is 0 Å². The minimum absolute atomic E-state index is 0.0105. The lowest BCUT2D eigenvalue weighted by Gasteiger charge is -2.18. The maximum absolute atomic E-state index is 5.33. The number of hydrogen-bond acceptors (Lipinski definition) is 2. The van der Waals surface area contributed by atoms with E-state index >= 15 is 0 Å². The lowest BCUT2D eigenvalue weighted by Crippen LogP contribution is -2.26. The maximum atomic E-state index is 5.33. The van der Waals surface area contributed by atoms with Crippen LogP contribution in [0.2, 0.25) is 0 Å². The van der Waals surface area contributed by atoms with Gasteiger partial charge < -0.3 is 4.42 Å². The Morgan fingerprint density at radius 2 is 2.14 bits per heavy atom. The molecule has 0 atom stereocenters. The average Bonchev–Trinajstić information content (AvgIpc) is 2.51. The Morgan fingerprint density at radius 3 is 2.57 bits per heavy atom. The monoisotopic (exact) mass is 191 g/mol. The molecule has 1 heterocycles. The largest absolute Gasteiger partial charge is 0.465 e. The van der Waals surface area contributed by atoms with Crippen molar-refractivity contribution in [3.8, 4) is 0 Å². The van der Waals surface area contributed by atoms with Crippen molar-refractivity contribution in [2.45, 2.75) is 27.7 Å². The highest BCUT2D eigenvalue weighted by atomic mass is 16.3. The summed E-state index contributed by atoms with van der Waals surface area (Å²) in [5.41, 5.74) is 1.82. The standard InChI is InChI=1S/C12H17NO/c1-6-10-9(7-8-14-10)11(13-5)12(2,3)4/h6-8H,5H2,1-4H3/b10-6+,11-9-. The molecule has 0 bridgehead atoms. The summed E-state index contributed by atoms with van der Waals surface area (Å²) < 4.78 is 5.33. The molecule has 0 radical (unpaired) electrons. The van der Waals surface area contributed by atoms with Gasteiger partial charge in [-0.25, -0.2) is 0 Å². The molecule has 0 amide bonds. The molecule has 0 aliphatic rings. The Kier molecular flexibility index (Phi) is 2.94. The molecule has 0 spiro atoms. The van der Waals surface area contributed by atoms with Crippen LogP contribution in [0.15, 0.2) is 21.7 Å². The van der Waals surface area contributed by atoms with Crippen LogP contribution >= 0.6 is 0 Å². The first kappa shape index (κ1) is 10.8. The molecule has 2 nitrogen and oxygen atoms in total. The second-order valence-electron chi connectivity index (χ2n) is 4.24. The first-order valence-corrected chi connectivity index (χ1v) is 4.72. The van der Waals surface area contributed by atoms with Crippen molar-refractivity contribution in [1.29, 1.82) is 0 Å². The second kappa shape index (κ2) is 3.82. The third kappa shape index (κ3) is 1.95. The highest BCUT2D eigenvalue weighted by Crippen LogP contribution is 2.25. The summed E-state index contributed by atoms with van der Waals surface area (Å²) in [5.74, 6) is 0. The summed E-state index contributed by atoms with van der Waals surface area (Å²) in [6, 6.07) is 1.94. The second-order valence-corrected chi connectivity index (χ2v) is 4.24. The minimum atomic E-state index is -0.0105. The molecule has 0 aromatic carbocycles. The molecule has 0 aliphatic heterocycles. The molecule has 0 aliphatic carbocycles. The van der Waals surface area contributed by atoms with Crippen molar-refractivity contribution in [2.24, 2.45) is 10.4 Å². The molecule has 1 rings (SSSR count). The fourth-order valence-corrected chi connectivity index (χ4v) is 1.47. The highest BCUT2D eigenvalue weighted by molar-refractivity contribution is 5.55. The van der Waals surface area contributed by atoms with Gasteiger partial charge in [0.25, 0.3) is 0 Å². The molecule has 76 valence electrons. The van der Waals surface area contributed by atoms with Crippen molar-refractivity contribution >= 4 is 18.5 Å². The molecule has 1 aromatic heterocycles. The van der Waals surface area contributed by atoms with Gasteiger partial charge in [-0.3, -0.25) is 4.99 Å². The van der Waals surface area contributed by atoms with E-state index in [4.69, 9.17) is 4.42 Å². The highest BCUT2D eigenvalue weighted by Gasteiger charge is 2.17. The normalized spacial score (nSPS) is 15.6. The van der Waals surface area contributed by atoms with Gasteiger partial charge >= 0.3 is 0 Å². The predicted molar refractivity (Wildman–Crippen MR) is 60.5 cm³/mol. The van der Waals surface area contributed by atoms with E-state index in [-0.39, 0.29) is 5.41 Å². The predicted octanol–water partition coefficient (Wildman–Crippen LogP) is 1.93. The van der Waals surface area contributed by atoms with Crippen molar-refractivity contribution < 1.29 is 4.42 Å². The van der Waals surface area contributed by atoms with Gasteiger partial charge in [0.05, 0.1) is 12.0 Å². The Bertz CT molecular complexity index is 432. The van der Waals surface area contributed by atoms with Crippen molar-refractivity contribution in [3.63, 3.8) is 0 Å². The number of nitrogens with zero attached hydrogens (tertiary/aromatic N) is 1. The van der Waals surface area contributed by atoms with Gasteiger partial charge in [-0.2, -0.15) is 0 Å². The zero-order valence-corrected chi connectivity index (χ0v) is 9.29. The molecular weight excluding hydrogens is 174 g/mol. The zero-order chi connectivity index (χ0) is 10.8. The van der Waals surface area contributed by atoms with E-state index < -0.39 is 0 Å². The lowest BCUT2D eigenvalue weighted by molar-refractivity contribution is 0.524. The van der Waals surface area contributed by atoms with Crippen LogP contribution in [0.5, 0.6) is 0 Å². The molecule has 0 N–H and O–H groups in total. The Hall–Kier alpha value is -1.31. The number of furan rings is 1. The Balaban J connectivity index is 3.64. The summed E-state index contributed by atoms with van der Waals surface area (Å²) in [4.78, 5) is 4.10. The van der Waals surface area contributed by atoms with Crippen LogP contribution < -0.4 is 10.6 Å². The first-order valence-electron chi connectivity index (χ1n) is 4.72. The van der Waals surface area contributed by atoms with E-state index in [1.807, 2.05) is 19.1 Å². The zero-order valence-electron chi connectivity index (χ0n) is 9.29. The topological polar surface area (TPSA) is 25.5 Å². The fraction of sp³-hybridized carbons (Fsp3) is 0.417. The molecule has 0 unspecified atom stereocenters. The summed E-state index contributed by atoms with van der Waals surface area (Å²) in [7, 11) is 0. The molecule has 1 aromatic rings. The van der Waals surface area contributed by atoms with Crippen molar-refractivity contribution in [1.82, 2.24) is 0 Å². The first-order chi connectivity index (χ1) is 6.50. The van der Waals surface area contributed by atoms with Crippen LogP contribution in [0.1, 0.15) is 27.7 Å². The summed E-state index contributed by atoms with van der Waals surface area (Å²) in [5, 5.41) is 1.04. The van der Waals surface area contributed by atoms with Crippen LogP contribution in [-0.2, 0) is 0 Å². The summed E-state index contributed by atoms with van der Waals surface area (Å²) in [6.45, 7) is 11.9. The molecule has 14 heavy (non-hydrogen) atoms. The van der Waals surface area contributed by atoms with E-state index in [0.29, 0.717) is 0 Å². The van der Waals surface area contributed by atoms with Crippen LogP contribution in [0.3, 0.4) is 0 Å². The van der Waals surface area contributed by atoms with E-state index in [1.165, 1.54) is 0 Å². The van der Waals surface area contributed by atoms with Gasteiger partial charge in [-0.1, -0.05) is 20.8 Å². The van der Waals surface area contributed by atoms with Crippen molar-refractivity contribution in [3.05, 3.63) is 23.0 Å². The van der Waals surface area contributed by atoms with Gasteiger partial charge in [-0.15, -0.1) is 0 Å². The smallest absolute Gasteiger partial charge is 0.131 e. The number of aliphatic imine (C=N–C) groups is 1. The maximum Gasteiger partial charge on any atom is 0.131 e. The van der Waals surface area contributed by atoms with Gasteiger partial charge in [0, 0.05) is 10.6 Å². The van der Waals surface area contributed by atoms with Crippen LogP contribution in [0.25, 0.3) is 11.8 Å². The van der Waals surface area contributed by atoms with E-state index in [0.717, 1.165) is 16.3 Å². The van der Waals surface area contributed by atoms with Crippen LogP contribution in [0.4, 0.5) is 0 Å². The average molecular weight is 191 g/mol. The van der Waals surface area contributed by atoms with Gasteiger partial charge in [0.15, 0.2) is 0 Å². The van der Waals surface area contributed by atoms with Gasteiger partial charge in [0.1, 0.15) is 5.42 Å². The summed E-state index contributed by atoms with van der Waals surface area (Å²) in [6.07, 6.45) is 3.62. The molecule has 0 saturated carbocycles. The van der Waals surface area contributed by atoms with Gasteiger partial charge in [-0.05, 0) is 25.8 Å². The number of rotatable bonds is 1. The fourth-order valence-electron chi connectivity index (χ4n) is 1.47. The van der Waals surface area contributed by atoms with E-state index in [1.54, 1.807) is 6.26 Å². The van der Waals surface area contributed by atoms with Crippen LogP contribution in [0, 0.1) is 5.41 Å². The van der Waals surface area contributed by atoms with Crippen molar-refractivity contribution in [2.75, 3.05) is 0 Å². The number of hydrogen-bond donors (Lipinski definition) is 0. The Morgan fingerprint density at radius 1 is 1.50 bits per heavy atom. The third-order valence-electron chi connectivity index (χ3n) is 2.08. The SMILES string of the molecule is C=N/C(=c1/cco/c1=C/C)C(C)(C)C. The molecule has 2 heteroatoms. The van der Waals surface area contributed by atoms with E-state index in [2.05, 4.69) is 32.5 Å². The molecule has 0 fully saturated rings. The van der Waals surface area contributed by atoms with Gasteiger partial charge in [0.2, 0.25) is 0 Å². The lowest BCUT2D eigenvalue weighted by atomic mass is 9.91.